The molecular weight excluding hydrogens is 281 g/mol. The SMILES string of the molecule is CC1OC(C)(C)N(P)C1c1nc(C(=O)CC#N)cs1. The molecule has 1 aliphatic heterocycles. The van der Waals surface area contributed by atoms with Crippen molar-refractivity contribution in [2.45, 2.75) is 45.1 Å². The molecule has 0 aromatic carbocycles. The zero-order valence-electron chi connectivity index (χ0n) is 11.1. The summed E-state index contributed by atoms with van der Waals surface area (Å²) in [6, 6.07) is 1.86. The third-order valence-corrected chi connectivity index (χ3v) is 5.00. The fourth-order valence-electron chi connectivity index (χ4n) is 2.18. The number of ketones is 1. The van der Waals surface area contributed by atoms with Crippen molar-refractivity contribution in [2.75, 3.05) is 0 Å². The van der Waals surface area contributed by atoms with Crippen molar-refractivity contribution in [1.82, 2.24) is 9.65 Å². The number of thiazole rings is 1. The van der Waals surface area contributed by atoms with Crippen LogP contribution < -0.4 is 0 Å². The number of nitriles is 1. The lowest BCUT2D eigenvalue weighted by Gasteiger charge is -2.28. The average molecular weight is 297 g/mol. The Hall–Kier alpha value is -0.860. The van der Waals surface area contributed by atoms with Crippen LogP contribution in [-0.2, 0) is 4.74 Å². The summed E-state index contributed by atoms with van der Waals surface area (Å²) in [5.74, 6) is -0.230. The van der Waals surface area contributed by atoms with Gasteiger partial charge in [-0.2, -0.15) is 5.26 Å². The first kappa shape index (κ1) is 14.5. The van der Waals surface area contributed by atoms with Gasteiger partial charge < -0.3 is 4.74 Å². The van der Waals surface area contributed by atoms with Crippen molar-refractivity contribution in [3.8, 4) is 6.07 Å². The first-order valence-corrected chi connectivity index (χ1v) is 7.34. The molecule has 1 fully saturated rings. The summed E-state index contributed by atoms with van der Waals surface area (Å²) in [7, 11) is 2.67. The van der Waals surface area contributed by atoms with E-state index in [9.17, 15) is 4.79 Å². The van der Waals surface area contributed by atoms with Gasteiger partial charge in [-0.05, 0) is 20.8 Å². The van der Waals surface area contributed by atoms with E-state index in [1.165, 1.54) is 11.3 Å². The van der Waals surface area contributed by atoms with Gasteiger partial charge in [0.2, 0.25) is 0 Å². The number of carbonyl (C=O) groups excluding carboxylic acids is 1. The van der Waals surface area contributed by atoms with E-state index in [1.807, 2.05) is 31.5 Å². The quantitative estimate of drug-likeness (QED) is 0.633. The van der Waals surface area contributed by atoms with Crippen LogP contribution in [0.2, 0.25) is 0 Å². The third kappa shape index (κ3) is 2.70. The molecule has 1 aliphatic rings. The van der Waals surface area contributed by atoms with E-state index in [-0.39, 0.29) is 30.1 Å². The van der Waals surface area contributed by atoms with E-state index in [1.54, 1.807) is 5.38 Å². The number of hydrogen-bond acceptors (Lipinski definition) is 6. The molecule has 0 radical (unpaired) electrons. The monoisotopic (exact) mass is 297 g/mol. The number of rotatable bonds is 3. The van der Waals surface area contributed by atoms with Crippen LogP contribution in [0.1, 0.15) is 48.7 Å². The van der Waals surface area contributed by atoms with Gasteiger partial charge in [0.05, 0.1) is 18.2 Å². The molecule has 0 saturated carbocycles. The van der Waals surface area contributed by atoms with Gasteiger partial charge in [-0.3, -0.25) is 4.79 Å². The molecule has 1 aromatic rings. The summed E-state index contributed by atoms with van der Waals surface area (Å²) in [4.78, 5) is 16.0. The molecular formula is C12H16N3O2PS. The summed E-state index contributed by atoms with van der Waals surface area (Å²) in [5.41, 5.74) is -0.00564. The van der Waals surface area contributed by atoms with Crippen LogP contribution >= 0.6 is 20.7 Å². The zero-order chi connectivity index (χ0) is 14.2. The lowest BCUT2D eigenvalue weighted by Crippen LogP contribution is -2.32. The van der Waals surface area contributed by atoms with E-state index < -0.39 is 0 Å². The molecule has 102 valence electrons. The van der Waals surface area contributed by atoms with Crippen LogP contribution in [0.25, 0.3) is 0 Å². The smallest absolute Gasteiger partial charge is 0.196 e. The minimum absolute atomic E-state index is 0.00225. The highest BCUT2D eigenvalue weighted by Crippen LogP contribution is 2.44. The van der Waals surface area contributed by atoms with Crippen LogP contribution in [0, 0.1) is 11.3 Å². The van der Waals surface area contributed by atoms with Crippen LogP contribution in [0.5, 0.6) is 0 Å². The number of nitrogens with zero attached hydrogens (tertiary/aromatic N) is 3. The molecule has 7 heteroatoms. The third-order valence-electron chi connectivity index (χ3n) is 3.14. The number of hydrogen-bond donors (Lipinski definition) is 0. The number of carbonyl (C=O) groups is 1. The Balaban J connectivity index is 2.24. The fraction of sp³-hybridized carbons (Fsp3) is 0.583. The number of Topliss-reactive ketones (excluding diaryl/α,β-unsaturated/α-hetero) is 1. The average Bonchev–Trinajstić information content (AvgIpc) is 2.84. The van der Waals surface area contributed by atoms with Crippen molar-refractivity contribution in [1.29, 1.82) is 5.26 Å². The van der Waals surface area contributed by atoms with Crippen molar-refractivity contribution in [3.63, 3.8) is 0 Å². The summed E-state index contributed by atoms with van der Waals surface area (Å²) in [5, 5.41) is 11.1. The van der Waals surface area contributed by atoms with Gasteiger partial charge in [0.15, 0.2) is 5.78 Å². The molecule has 2 heterocycles. The fourth-order valence-corrected chi connectivity index (χ4v) is 3.74. The summed E-state index contributed by atoms with van der Waals surface area (Å²) >= 11 is 1.43. The van der Waals surface area contributed by atoms with Crippen molar-refractivity contribution >= 4 is 26.5 Å². The summed E-state index contributed by atoms with van der Waals surface area (Å²) < 4.78 is 7.92. The van der Waals surface area contributed by atoms with E-state index in [0.29, 0.717) is 5.69 Å². The highest BCUT2D eigenvalue weighted by molar-refractivity contribution is 7.13. The van der Waals surface area contributed by atoms with Crippen molar-refractivity contribution < 1.29 is 9.53 Å². The van der Waals surface area contributed by atoms with E-state index in [0.717, 1.165) is 5.01 Å². The van der Waals surface area contributed by atoms with Gasteiger partial charge in [0, 0.05) is 5.38 Å². The predicted molar refractivity (Wildman–Crippen MR) is 75.6 cm³/mol. The lowest BCUT2D eigenvalue weighted by atomic mass is 10.2. The lowest BCUT2D eigenvalue weighted by molar-refractivity contribution is -0.0416. The topological polar surface area (TPSA) is 66.2 Å². The van der Waals surface area contributed by atoms with Crippen LogP contribution in [0.3, 0.4) is 0 Å². The maximum absolute atomic E-state index is 11.6. The number of ether oxygens (including phenoxy) is 1. The molecule has 3 atom stereocenters. The highest BCUT2D eigenvalue weighted by atomic mass is 32.1. The van der Waals surface area contributed by atoms with Gasteiger partial charge in [-0.1, -0.05) is 9.39 Å². The Morgan fingerprint density at radius 3 is 2.95 bits per heavy atom. The molecule has 1 saturated heterocycles. The Labute approximate surface area is 118 Å². The Bertz CT molecular complexity index is 537. The molecule has 19 heavy (non-hydrogen) atoms. The maximum Gasteiger partial charge on any atom is 0.196 e. The molecule has 0 N–H and O–H groups in total. The maximum atomic E-state index is 11.6. The molecule has 0 aliphatic carbocycles. The second-order valence-electron chi connectivity index (χ2n) is 4.95. The number of aromatic nitrogens is 1. The van der Waals surface area contributed by atoms with Gasteiger partial charge in [-0.15, -0.1) is 11.3 Å². The summed E-state index contributed by atoms with van der Waals surface area (Å²) in [6.07, 6.45) is -0.131. The molecule has 1 aromatic heterocycles. The van der Waals surface area contributed by atoms with Gasteiger partial charge >= 0.3 is 0 Å². The summed E-state index contributed by atoms with van der Waals surface area (Å²) in [6.45, 7) is 5.98. The zero-order valence-corrected chi connectivity index (χ0v) is 13.1. The van der Waals surface area contributed by atoms with Gasteiger partial charge in [0.1, 0.15) is 22.8 Å². The minimum Gasteiger partial charge on any atom is -0.356 e. The second-order valence-corrected chi connectivity index (χ2v) is 6.40. The molecule has 3 unspecified atom stereocenters. The molecule has 0 spiro atoms. The Kier molecular flexibility index (Phi) is 4.03. The van der Waals surface area contributed by atoms with E-state index in [2.05, 4.69) is 14.4 Å². The van der Waals surface area contributed by atoms with Crippen LogP contribution in [0.15, 0.2) is 5.38 Å². The van der Waals surface area contributed by atoms with Gasteiger partial charge in [-0.25, -0.2) is 9.65 Å². The Morgan fingerprint density at radius 1 is 1.74 bits per heavy atom. The predicted octanol–water partition coefficient (Wildman–Crippen LogP) is 2.53. The van der Waals surface area contributed by atoms with Crippen LogP contribution in [0.4, 0.5) is 0 Å². The standard InChI is InChI=1S/C12H16N3O2PS/c1-7-10(15(18)12(2,3)17-7)11-14-8(6-19-11)9(16)4-5-13/h6-7,10H,4,18H2,1-3H3. The second kappa shape index (κ2) is 5.26. The molecule has 5 nitrogen and oxygen atoms in total. The van der Waals surface area contributed by atoms with E-state index >= 15 is 0 Å². The Morgan fingerprint density at radius 2 is 2.42 bits per heavy atom. The minimum atomic E-state index is -0.378. The largest absolute Gasteiger partial charge is 0.356 e. The molecule has 0 amide bonds. The molecule has 2 rings (SSSR count). The first-order chi connectivity index (χ1) is 8.86. The van der Waals surface area contributed by atoms with E-state index in [4.69, 9.17) is 10.00 Å². The highest BCUT2D eigenvalue weighted by Gasteiger charge is 2.45. The van der Waals surface area contributed by atoms with Gasteiger partial charge in [0.25, 0.3) is 0 Å². The van der Waals surface area contributed by atoms with Crippen molar-refractivity contribution in [2.24, 2.45) is 0 Å². The normalized spacial score (nSPS) is 26.3. The van der Waals surface area contributed by atoms with Crippen molar-refractivity contribution in [3.05, 3.63) is 16.1 Å². The van der Waals surface area contributed by atoms with Crippen LogP contribution in [-0.4, -0.2) is 27.3 Å². The molecule has 0 bridgehead atoms. The first-order valence-electron chi connectivity index (χ1n) is 5.94.